The number of benzene rings is 1. The number of nitrogens with one attached hydrogen (secondary N) is 1. The second kappa shape index (κ2) is 5.49. The molecule has 0 amide bonds. The lowest BCUT2D eigenvalue weighted by atomic mass is 9.84. The maximum Gasteiger partial charge on any atom is 0.178 e. The van der Waals surface area contributed by atoms with E-state index in [0.717, 1.165) is 29.8 Å². The molecule has 2 aromatic rings. The van der Waals surface area contributed by atoms with Gasteiger partial charge in [0.25, 0.3) is 0 Å². The van der Waals surface area contributed by atoms with Gasteiger partial charge in [0.05, 0.1) is 16.1 Å². The molecule has 1 aliphatic carbocycles. The van der Waals surface area contributed by atoms with Gasteiger partial charge in [0, 0.05) is 12.1 Å². The van der Waals surface area contributed by atoms with Gasteiger partial charge in [0.2, 0.25) is 0 Å². The summed E-state index contributed by atoms with van der Waals surface area (Å²) < 4.78 is 16.4. The normalized spacial score (nSPS) is 23.4. The van der Waals surface area contributed by atoms with E-state index in [0.29, 0.717) is 10.8 Å². The zero-order valence-electron chi connectivity index (χ0n) is 11.5. The quantitative estimate of drug-likeness (QED) is 0.712. The number of halogens is 2. The van der Waals surface area contributed by atoms with Crippen molar-refractivity contribution in [1.29, 1.82) is 0 Å². The number of imidazole rings is 1. The largest absolute Gasteiger partial charge is 0.330 e. The van der Waals surface area contributed by atoms with E-state index in [4.69, 9.17) is 23.8 Å². The second-order valence-electron chi connectivity index (χ2n) is 5.68. The number of nitrogens with zero attached hydrogens (tertiary/aromatic N) is 1. The standard InChI is InChI=1S/C15H18ClFN2S/c1-2-9-4-3-5-10(6-9)19-14-7-11(16)12(17)8-13(14)18-15(19)20/h7-10H,2-6H2,1H3,(H,18,20). The number of aromatic nitrogens is 2. The van der Waals surface area contributed by atoms with Crippen molar-refractivity contribution in [2.24, 2.45) is 5.92 Å². The molecular weight excluding hydrogens is 295 g/mol. The Morgan fingerprint density at radius 2 is 2.25 bits per heavy atom. The molecule has 1 saturated carbocycles. The van der Waals surface area contributed by atoms with Crippen molar-refractivity contribution in [3.8, 4) is 0 Å². The van der Waals surface area contributed by atoms with Crippen molar-refractivity contribution in [1.82, 2.24) is 9.55 Å². The first-order valence-corrected chi connectivity index (χ1v) is 7.98. The summed E-state index contributed by atoms with van der Waals surface area (Å²) in [5.74, 6) is 0.356. The number of H-pyrrole nitrogens is 1. The molecule has 1 aromatic carbocycles. The Kier molecular flexibility index (Phi) is 3.87. The van der Waals surface area contributed by atoms with Crippen LogP contribution < -0.4 is 0 Å². The van der Waals surface area contributed by atoms with Gasteiger partial charge in [-0.25, -0.2) is 4.39 Å². The smallest absolute Gasteiger partial charge is 0.178 e. The van der Waals surface area contributed by atoms with Gasteiger partial charge < -0.3 is 9.55 Å². The molecule has 0 spiro atoms. The number of fused-ring (bicyclic) bond motifs is 1. The highest BCUT2D eigenvalue weighted by Crippen LogP contribution is 2.36. The Hall–Kier alpha value is -0.870. The average molecular weight is 313 g/mol. The minimum absolute atomic E-state index is 0.156. The van der Waals surface area contributed by atoms with Gasteiger partial charge in [-0.3, -0.25) is 0 Å². The van der Waals surface area contributed by atoms with Crippen LogP contribution in [-0.4, -0.2) is 9.55 Å². The fraction of sp³-hybridized carbons (Fsp3) is 0.533. The van der Waals surface area contributed by atoms with Crippen molar-refractivity contribution < 1.29 is 4.39 Å². The van der Waals surface area contributed by atoms with E-state index >= 15 is 0 Å². The molecule has 5 heteroatoms. The van der Waals surface area contributed by atoms with Gasteiger partial charge >= 0.3 is 0 Å². The highest BCUT2D eigenvalue weighted by Gasteiger charge is 2.24. The zero-order chi connectivity index (χ0) is 14.3. The Labute approximate surface area is 127 Å². The lowest BCUT2D eigenvalue weighted by Crippen LogP contribution is -2.19. The highest BCUT2D eigenvalue weighted by molar-refractivity contribution is 7.71. The number of hydrogen-bond acceptors (Lipinski definition) is 1. The molecular formula is C15H18ClFN2S. The number of hydrogen-bond donors (Lipinski definition) is 1. The number of rotatable bonds is 2. The molecule has 3 rings (SSSR count). The third kappa shape index (κ3) is 2.40. The van der Waals surface area contributed by atoms with Crippen LogP contribution >= 0.6 is 23.8 Å². The van der Waals surface area contributed by atoms with Crippen LogP contribution in [0.15, 0.2) is 12.1 Å². The summed E-state index contributed by atoms with van der Waals surface area (Å²) in [6.07, 6.45) is 6.02. The third-order valence-electron chi connectivity index (χ3n) is 4.46. The van der Waals surface area contributed by atoms with E-state index in [9.17, 15) is 4.39 Å². The fourth-order valence-corrected chi connectivity index (χ4v) is 3.87. The van der Waals surface area contributed by atoms with Crippen molar-refractivity contribution in [3.63, 3.8) is 0 Å². The first-order valence-electron chi connectivity index (χ1n) is 7.19. The van der Waals surface area contributed by atoms with Gasteiger partial charge in [-0.05, 0) is 37.0 Å². The van der Waals surface area contributed by atoms with Crippen LogP contribution in [0, 0.1) is 16.5 Å². The van der Waals surface area contributed by atoms with Crippen molar-refractivity contribution in [2.75, 3.05) is 0 Å². The summed E-state index contributed by atoms with van der Waals surface area (Å²) in [6.45, 7) is 2.24. The van der Waals surface area contributed by atoms with E-state index in [1.807, 2.05) is 0 Å². The molecule has 0 saturated heterocycles. The zero-order valence-corrected chi connectivity index (χ0v) is 13.0. The molecule has 0 aliphatic heterocycles. The molecule has 108 valence electrons. The van der Waals surface area contributed by atoms with Gasteiger partial charge in [0.1, 0.15) is 5.82 Å². The molecule has 0 bridgehead atoms. The van der Waals surface area contributed by atoms with Crippen molar-refractivity contribution in [3.05, 3.63) is 27.7 Å². The highest BCUT2D eigenvalue weighted by atomic mass is 35.5. The van der Waals surface area contributed by atoms with E-state index in [2.05, 4.69) is 16.5 Å². The SMILES string of the molecule is CCC1CCCC(n2c(=S)[nH]c3cc(F)c(Cl)cc32)C1. The minimum atomic E-state index is -0.405. The fourth-order valence-electron chi connectivity index (χ4n) is 3.35. The topological polar surface area (TPSA) is 20.7 Å². The monoisotopic (exact) mass is 312 g/mol. The van der Waals surface area contributed by atoms with Crippen LogP contribution in [0.25, 0.3) is 11.0 Å². The number of aromatic amines is 1. The Morgan fingerprint density at radius 1 is 1.45 bits per heavy atom. The second-order valence-corrected chi connectivity index (χ2v) is 6.47. The summed E-state index contributed by atoms with van der Waals surface area (Å²) >= 11 is 11.4. The summed E-state index contributed by atoms with van der Waals surface area (Å²) in [6, 6.07) is 3.52. The molecule has 2 atom stereocenters. The molecule has 1 aliphatic rings. The molecule has 1 heterocycles. The molecule has 1 N–H and O–H groups in total. The van der Waals surface area contributed by atoms with Gasteiger partial charge in [-0.15, -0.1) is 0 Å². The van der Waals surface area contributed by atoms with Crippen LogP contribution in [0.5, 0.6) is 0 Å². The predicted molar refractivity (Wildman–Crippen MR) is 83.4 cm³/mol. The van der Waals surface area contributed by atoms with Crippen molar-refractivity contribution in [2.45, 2.75) is 45.1 Å². The molecule has 1 fully saturated rings. The van der Waals surface area contributed by atoms with E-state index in [1.54, 1.807) is 6.07 Å². The molecule has 1 aromatic heterocycles. The lowest BCUT2D eigenvalue weighted by molar-refractivity contribution is 0.263. The van der Waals surface area contributed by atoms with Gasteiger partial charge in [-0.2, -0.15) is 0 Å². The maximum atomic E-state index is 13.6. The summed E-state index contributed by atoms with van der Waals surface area (Å²) in [5, 5.41) is 0.156. The van der Waals surface area contributed by atoms with Crippen LogP contribution in [0.4, 0.5) is 4.39 Å². The van der Waals surface area contributed by atoms with Gasteiger partial charge in [0.15, 0.2) is 4.77 Å². The molecule has 2 nitrogen and oxygen atoms in total. The van der Waals surface area contributed by atoms with E-state index in [1.165, 1.54) is 25.3 Å². The maximum absolute atomic E-state index is 13.6. The Balaban J connectivity index is 2.08. The summed E-state index contributed by atoms with van der Waals surface area (Å²) in [5.41, 5.74) is 1.65. The lowest BCUT2D eigenvalue weighted by Gasteiger charge is -2.29. The Morgan fingerprint density at radius 3 is 3.00 bits per heavy atom. The molecule has 20 heavy (non-hydrogen) atoms. The van der Waals surface area contributed by atoms with Crippen molar-refractivity contribution >= 4 is 34.9 Å². The average Bonchev–Trinajstić information content (AvgIpc) is 2.74. The van der Waals surface area contributed by atoms with Crippen LogP contribution in [-0.2, 0) is 0 Å². The van der Waals surface area contributed by atoms with E-state index < -0.39 is 5.82 Å². The first-order chi connectivity index (χ1) is 9.60. The van der Waals surface area contributed by atoms with Crippen LogP contribution in [0.3, 0.4) is 0 Å². The molecule has 2 unspecified atom stereocenters. The first kappa shape index (κ1) is 14.1. The van der Waals surface area contributed by atoms with Gasteiger partial charge in [-0.1, -0.05) is 37.8 Å². The third-order valence-corrected chi connectivity index (χ3v) is 5.04. The predicted octanol–water partition coefficient (Wildman–Crippen LogP) is 5.63. The minimum Gasteiger partial charge on any atom is -0.330 e. The Bertz CT molecular complexity index is 691. The summed E-state index contributed by atoms with van der Waals surface area (Å²) in [4.78, 5) is 3.10. The van der Waals surface area contributed by atoms with Crippen LogP contribution in [0.2, 0.25) is 5.02 Å². The summed E-state index contributed by atoms with van der Waals surface area (Å²) in [7, 11) is 0. The van der Waals surface area contributed by atoms with E-state index in [-0.39, 0.29) is 5.02 Å². The van der Waals surface area contributed by atoms with Crippen LogP contribution in [0.1, 0.15) is 45.1 Å². The molecule has 0 radical (unpaired) electrons.